The van der Waals surface area contributed by atoms with Crippen molar-refractivity contribution < 1.29 is 40.9 Å². The molecule has 0 atom stereocenters. The molecule has 0 saturated carbocycles. The summed E-state index contributed by atoms with van der Waals surface area (Å²) in [6, 6.07) is 0. The third-order valence-electron chi connectivity index (χ3n) is 2.58. The fraction of sp³-hybridized carbons (Fsp3) is 0.417. The Morgan fingerprint density at radius 3 is 2.80 bits per heavy atom. The summed E-state index contributed by atoms with van der Waals surface area (Å²) in [5.41, 5.74) is 6.87. The minimum atomic E-state index is -0.251. The Kier molecular flexibility index (Phi) is 9.08. The van der Waals surface area contributed by atoms with Gasteiger partial charge < -0.3 is 17.6 Å². The molecule has 4 N–H and O–H groups in total. The monoisotopic (exact) mass is 306 g/mol. The van der Waals surface area contributed by atoms with Crippen LogP contribution in [-0.2, 0) is 11.3 Å². The number of nitrogen functional groups attached to an aromatic ring is 1. The largest absolute Gasteiger partial charge is 1.00 e. The van der Waals surface area contributed by atoms with E-state index in [1.807, 2.05) is 0 Å². The number of thiol groups is 1. The fourth-order valence-electron chi connectivity index (χ4n) is 1.38. The van der Waals surface area contributed by atoms with Crippen molar-refractivity contribution in [2.75, 3.05) is 12.3 Å². The zero-order valence-corrected chi connectivity index (χ0v) is 14.9. The third kappa shape index (κ3) is 5.80. The molecule has 0 saturated heterocycles. The number of aromatic nitrogens is 2. The summed E-state index contributed by atoms with van der Waals surface area (Å²) < 4.78 is 0. The molecule has 0 aromatic carbocycles. The maximum absolute atomic E-state index is 11.8. The molecule has 0 fully saturated rings. The summed E-state index contributed by atoms with van der Waals surface area (Å²) in [4.78, 5) is 20.4. The maximum atomic E-state index is 11.8. The van der Waals surface area contributed by atoms with E-state index >= 15 is 0 Å². The number of amides is 1. The van der Waals surface area contributed by atoms with Gasteiger partial charge in [0.15, 0.2) is 0 Å². The Bertz CT molecular complexity index is 514. The molecule has 0 radical (unpaired) electrons. The molecule has 0 bridgehead atoms. The number of nitrogens with one attached hydrogen (secondary N) is 1. The van der Waals surface area contributed by atoms with E-state index < -0.39 is 0 Å². The van der Waals surface area contributed by atoms with Gasteiger partial charge >= 0.3 is 29.6 Å². The Morgan fingerprint density at radius 2 is 2.25 bits per heavy atom. The molecule has 1 aromatic rings. The van der Waals surface area contributed by atoms with Crippen LogP contribution >= 0.6 is 12.6 Å². The van der Waals surface area contributed by atoms with Crippen LogP contribution in [0.1, 0.15) is 26.2 Å². The molecule has 1 amide bonds. The topological polar surface area (TPSA) is 101 Å². The first-order valence-electron chi connectivity index (χ1n) is 5.81. The van der Waals surface area contributed by atoms with E-state index in [1.54, 1.807) is 20.0 Å². The van der Waals surface area contributed by atoms with Gasteiger partial charge in [0.2, 0.25) is 5.91 Å². The summed E-state index contributed by atoms with van der Waals surface area (Å²) in [5.74, 6) is 0.693. The Labute approximate surface area is 147 Å². The molecule has 1 rings (SSSR count). The molecule has 8 heteroatoms. The minimum absolute atomic E-state index is 0. The first-order valence-corrected chi connectivity index (χ1v) is 6.26. The second-order valence-electron chi connectivity index (χ2n) is 4.06. The van der Waals surface area contributed by atoms with Gasteiger partial charge in [0, 0.05) is 36.9 Å². The van der Waals surface area contributed by atoms with Crippen molar-refractivity contribution in [3.05, 3.63) is 28.1 Å². The molecular formula is C12H19N4NaO2S. The van der Waals surface area contributed by atoms with Crippen molar-refractivity contribution >= 4 is 24.4 Å². The second kappa shape index (κ2) is 9.36. The number of nitrogens with two attached hydrogens (primary N) is 1. The number of aryl methyl sites for hydroxylation is 1. The fourth-order valence-corrected chi connectivity index (χ4v) is 1.58. The predicted molar refractivity (Wildman–Crippen MR) is 77.5 cm³/mol. The number of carbonyl (C=O) groups excluding carboxylic acids is 1. The number of aliphatic hydroxyl groups is 1. The van der Waals surface area contributed by atoms with Gasteiger partial charge in [0.05, 0.1) is 0 Å². The Morgan fingerprint density at radius 1 is 1.60 bits per heavy atom. The van der Waals surface area contributed by atoms with Crippen molar-refractivity contribution in [3.8, 4) is 0 Å². The summed E-state index contributed by atoms with van der Waals surface area (Å²) >= 11 is 4.17. The van der Waals surface area contributed by atoms with Crippen LogP contribution in [0.5, 0.6) is 0 Å². The zero-order valence-electron chi connectivity index (χ0n) is 13.0. The predicted octanol–water partition coefficient (Wildman–Crippen LogP) is -2.31. The van der Waals surface area contributed by atoms with E-state index in [2.05, 4.69) is 27.9 Å². The van der Waals surface area contributed by atoms with Gasteiger partial charge in [-0.3, -0.25) is 4.79 Å². The van der Waals surface area contributed by atoms with Crippen LogP contribution in [0.4, 0.5) is 5.82 Å². The van der Waals surface area contributed by atoms with E-state index in [1.165, 1.54) is 0 Å². The molecule has 0 aliphatic heterocycles. The number of aliphatic hydroxyl groups excluding tert-OH is 1. The van der Waals surface area contributed by atoms with Crippen LogP contribution in [0.3, 0.4) is 0 Å². The molecule has 106 valence electrons. The van der Waals surface area contributed by atoms with Crippen LogP contribution in [0.2, 0.25) is 0 Å². The Hall–Kier alpha value is -0.600. The van der Waals surface area contributed by atoms with E-state index in [-0.39, 0.29) is 50.0 Å². The minimum Gasteiger partial charge on any atom is -1.00 e. The molecule has 1 heterocycles. The zero-order chi connectivity index (χ0) is 14.4. The van der Waals surface area contributed by atoms with Crippen LogP contribution in [0, 0.1) is 6.92 Å². The smallest absolute Gasteiger partial charge is 1.00 e. The van der Waals surface area contributed by atoms with Crippen molar-refractivity contribution in [1.29, 1.82) is 0 Å². The van der Waals surface area contributed by atoms with E-state index in [0.29, 0.717) is 34.1 Å². The van der Waals surface area contributed by atoms with Crippen LogP contribution in [0.15, 0.2) is 16.7 Å². The SMILES string of the molecule is C/C(C(=O)NCc1cnc(C)nc1N)=C(/S)CCO.[H-].[Na+]. The van der Waals surface area contributed by atoms with Gasteiger partial charge in [0.25, 0.3) is 0 Å². The summed E-state index contributed by atoms with van der Waals surface area (Å²) in [6.45, 7) is 3.61. The van der Waals surface area contributed by atoms with E-state index in [4.69, 9.17) is 10.8 Å². The summed E-state index contributed by atoms with van der Waals surface area (Å²) in [7, 11) is 0. The van der Waals surface area contributed by atoms with Crippen molar-refractivity contribution in [2.24, 2.45) is 0 Å². The maximum Gasteiger partial charge on any atom is 1.00 e. The molecule has 0 unspecified atom stereocenters. The van der Waals surface area contributed by atoms with Gasteiger partial charge in [-0.05, 0) is 18.8 Å². The van der Waals surface area contributed by atoms with E-state index in [0.717, 1.165) is 0 Å². The summed E-state index contributed by atoms with van der Waals surface area (Å²) in [5, 5.41) is 11.5. The van der Waals surface area contributed by atoms with Gasteiger partial charge in [-0.15, -0.1) is 12.6 Å². The average molecular weight is 306 g/mol. The molecule has 1 aromatic heterocycles. The van der Waals surface area contributed by atoms with Crippen molar-refractivity contribution in [1.82, 2.24) is 15.3 Å². The Balaban J connectivity index is 0. The molecule has 6 nitrogen and oxygen atoms in total. The van der Waals surface area contributed by atoms with E-state index in [9.17, 15) is 4.79 Å². The van der Waals surface area contributed by atoms with Crippen molar-refractivity contribution in [3.63, 3.8) is 0 Å². The van der Waals surface area contributed by atoms with Crippen LogP contribution < -0.4 is 40.6 Å². The standard InChI is InChI=1S/C12H18N4O2S.Na.H/c1-7(10(19)3-4-17)12(18)15-6-9-5-14-8(2)16-11(9)13;;/h5,17,19H,3-4,6H2,1-2H3,(H,15,18)(H2,13,14,16);;/q;+1;-1/b10-7-;;. The van der Waals surface area contributed by atoms with Crippen LogP contribution in [0.25, 0.3) is 0 Å². The molecule has 0 aliphatic carbocycles. The normalized spacial score (nSPS) is 11.4. The first-order chi connectivity index (χ1) is 8.95. The molecule has 0 spiro atoms. The quantitative estimate of drug-likeness (QED) is 0.278. The molecular weight excluding hydrogens is 287 g/mol. The molecule has 0 aliphatic rings. The number of nitrogens with zero attached hydrogens (tertiary/aromatic N) is 2. The van der Waals surface area contributed by atoms with Crippen LogP contribution in [-0.4, -0.2) is 27.6 Å². The second-order valence-corrected chi connectivity index (χ2v) is 4.60. The van der Waals surface area contributed by atoms with Gasteiger partial charge in [-0.2, -0.15) is 0 Å². The third-order valence-corrected chi connectivity index (χ3v) is 3.14. The molecule has 20 heavy (non-hydrogen) atoms. The number of hydrogen-bond donors (Lipinski definition) is 4. The summed E-state index contributed by atoms with van der Waals surface area (Å²) in [6.07, 6.45) is 1.95. The number of carbonyl (C=O) groups is 1. The number of hydrogen-bond acceptors (Lipinski definition) is 6. The first kappa shape index (κ1) is 19.4. The van der Waals surface area contributed by atoms with Gasteiger partial charge in [-0.25, -0.2) is 9.97 Å². The number of anilines is 1. The van der Waals surface area contributed by atoms with Gasteiger partial charge in [-0.1, -0.05) is 0 Å². The van der Waals surface area contributed by atoms with Gasteiger partial charge in [0.1, 0.15) is 11.6 Å². The number of rotatable bonds is 5. The van der Waals surface area contributed by atoms with Crippen molar-refractivity contribution in [2.45, 2.75) is 26.8 Å². The average Bonchev–Trinajstić information content (AvgIpc) is 2.36.